The lowest BCUT2D eigenvalue weighted by molar-refractivity contribution is -0.122. The van der Waals surface area contributed by atoms with Crippen molar-refractivity contribution in [2.45, 2.75) is 52.7 Å². The molecule has 0 radical (unpaired) electrons. The van der Waals surface area contributed by atoms with Crippen molar-refractivity contribution in [1.29, 1.82) is 0 Å². The minimum Gasteiger partial charge on any atom is -0.381 e. The monoisotopic (exact) mass is 395 g/mol. The van der Waals surface area contributed by atoms with Crippen LogP contribution in [0, 0.1) is 23.2 Å². The smallest absolute Gasteiger partial charge is 0.269 e. The van der Waals surface area contributed by atoms with E-state index < -0.39 is 0 Å². The van der Waals surface area contributed by atoms with Crippen molar-refractivity contribution in [3.05, 3.63) is 52.7 Å². The summed E-state index contributed by atoms with van der Waals surface area (Å²) in [5.41, 5.74) is 1.85. The lowest BCUT2D eigenvalue weighted by Gasteiger charge is -2.62. The molecule has 29 heavy (non-hydrogen) atoms. The topological polar surface area (TPSA) is 88.9 Å². The number of carbonyl (C=O) groups is 1. The molecule has 3 saturated carbocycles. The van der Waals surface area contributed by atoms with Crippen LogP contribution in [0.15, 0.2) is 41.6 Å². The predicted octanol–water partition coefficient (Wildman–Crippen LogP) is 2.44. The Kier molecular flexibility index (Phi) is 5.15. The molecule has 0 aromatic carbocycles. The summed E-state index contributed by atoms with van der Waals surface area (Å²) in [6.07, 6.45) is 7.45. The minimum atomic E-state index is -0.275. The van der Waals surface area contributed by atoms with E-state index in [2.05, 4.69) is 41.5 Å². The Morgan fingerprint density at radius 2 is 2.03 bits per heavy atom. The maximum absolute atomic E-state index is 12.4. The van der Waals surface area contributed by atoms with Crippen molar-refractivity contribution in [2.24, 2.45) is 23.2 Å². The molecule has 3 aliphatic carbocycles. The first kappa shape index (κ1) is 19.6. The molecule has 2 bridgehead atoms. The number of fused-ring (bicyclic) bond motifs is 2. The zero-order valence-corrected chi connectivity index (χ0v) is 17.3. The maximum Gasteiger partial charge on any atom is 0.269 e. The molecule has 0 saturated heterocycles. The molecule has 1 amide bonds. The summed E-state index contributed by atoms with van der Waals surface area (Å²) in [7, 11) is 0. The summed E-state index contributed by atoms with van der Waals surface area (Å²) >= 11 is 0. The second-order valence-electron chi connectivity index (χ2n) is 9.08. The van der Waals surface area contributed by atoms with Crippen LogP contribution in [0.4, 0.5) is 5.69 Å². The van der Waals surface area contributed by atoms with Crippen LogP contribution in [-0.4, -0.2) is 26.7 Å². The molecule has 2 heterocycles. The maximum atomic E-state index is 12.4. The van der Waals surface area contributed by atoms with E-state index in [1.165, 1.54) is 11.1 Å². The van der Waals surface area contributed by atoms with Gasteiger partial charge in [-0.15, -0.1) is 0 Å². The fraction of sp³-hybridized carbons (Fsp3) is 0.545. The van der Waals surface area contributed by atoms with E-state index in [0.717, 1.165) is 29.5 Å². The minimum absolute atomic E-state index is 0.0949. The predicted molar refractivity (Wildman–Crippen MR) is 111 cm³/mol. The van der Waals surface area contributed by atoms with E-state index in [-0.39, 0.29) is 18.0 Å². The van der Waals surface area contributed by atoms with Gasteiger partial charge in [0, 0.05) is 31.0 Å². The third kappa shape index (κ3) is 3.91. The van der Waals surface area contributed by atoms with Crippen molar-refractivity contribution in [3.8, 4) is 0 Å². The molecular formula is C22H29N5O2. The van der Waals surface area contributed by atoms with Gasteiger partial charge in [0.2, 0.25) is 5.91 Å². The van der Waals surface area contributed by atoms with Gasteiger partial charge in [-0.3, -0.25) is 14.6 Å². The van der Waals surface area contributed by atoms with Gasteiger partial charge in [0.1, 0.15) is 6.54 Å². The van der Waals surface area contributed by atoms with E-state index in [1.54, 1.807) is 24.7 Å². The van der Waals surface area contributed by atoms with Crippen LogP contribution >= 0.6 is 0 Å². The van der Waals surface area contributed by atoms with Crippen LogP contribution in [0.3, 0.4) is 0 Å². The molecular weight excluding hydrogens is 366 g/mol. The molecule has 4 atom stereocenters. The zero-order chi connectivity index (χ0) is 20.6. The van der Waals surface area contributed by atoms with E-state index in [4.69, 9.17) is 0 Å². The molecule has 7 nitrogen and oxygen atoms in total. The summed E-state index contributed by atoms with van der Waals surface area (Å²) in [6.45, 7) is 7.36. The first-order chi connectivity index (χ1) is 13.8. The third-order valence-electron chi connectivity index (χ3n) is 7.11. The van der Waals surface area contributed by atoms with Crippen molar-refractivity contribution in [1.82, 2.24) is 20.1 Å². The first-order valence-electron chi connectivity index (χ1n) is 10.3. The Labute approximate surface area is 170 Å². The SMILES string of the molecule is C[C@@H]1[C@H]2C[C@@H](C[C@H]1Nc1cnn(CC(=O)NCc3ccncc3)c(=O)c1)C2(C)C. The average molecular weight is 396 g/mol. The Balaban J connectivity index is 1.33. The fourth-order valence-electron chi connectivity index (χ4n) is 5.08. The van der Waals surface area contributed by atoms with E-state index in [0.29, 0.717) is 23.9 Å². The number of hydrogen-bond acceptors (Lipinski definition) is 5. The van der Waals surface area contributed by atoms with Gasteiger partial charge < -0.3 is 10.6 Å². The van der Waals surface area contributed by atoms with Crippen molar-refractivity contribution < 1.29 is 4.79 Å². The number of carbonyl (C=O) groups excluding carboxylic acids is 1. The van der Waals surface area contributed by atoms with Gasteiger partial charge in [-0.2, -0.15) is 5.10 Å². The third-order valence-corrected chi connectivity index (χ3v) is 7.11. The van der Waals surface area contributed by atoms with Gasteiger partial charge >= 0.3 is 0 Å². The van der Waals surface area contributed by atoms with Crippen LogP contribution in [0.5, 0.6) is 0 Å². The van der Waals surface area contributed by atoms with Gasteiger partial charge in [0.15, 0.2) is 0 Å². The highest BCUT2D eigenvalue weighted by Gasteiger charge is 2.56. The number of nitrogens with one attached hydrogen (secondary N) is 2. The molecule has 5 rings (SSSR count). The Morgan fingerprint density at radius 1 is 1.28 bits per heavy atom. The molecule has 154 valence electrons. The average Bonchev–Trinajstić information content (AvgIpc) is 2.70. The quantitative estimate of drug-likeness (QED) is 0.784. The van der Waals surface area contributed by atoms with Gasteiger partial charge in [0.25, 0.3) is 5.56 Å². The number of anilines is 1. The molecule has 2 aromatic rings. The lowest BCUT2D eigenvalue weighted by Crippen LogP contribution is -2.58. The van der Waals surface area contributed by atoms with Crippen LogP contribution in [0.25, 0.3) is 0 Å². The number of pyridine rings is 1. The van der Waals surface area contributed by atoms with Crippen molar-refractivity contribution in [3.63, 3.8) is 0 Å². The molecule has 3 fully saturated rings. The molecule has 2 N–H and O–H groups in total. The molecule has 0 aliphatic heterocycles. The second kappa shape index (κ2) is 7.61. The number of hydrogen-bond donors (Lipinski definition) is 2. The highest BCUT2D eigenvalue weighted by molar-refractivity contribution is 5.75. The largest absolute Gasteiger partial charge is 0.381 e. The van der Waals surface area contributed by atoms with Crippen molar-refractivity contribution >= 4 is 11.6 Å². The normalized spacial score (nSPS) is 27.0. The molecule has 7 heteroatoms. The Morgan fingerprint density at radius 3 is 2.69 bits per heavy atom. The van der Waals surface area contributed by atoms with Gasteiger partial charge in [-0.1, -0.05) is 20.8 Å². The highest BCUT2D eigenvalue weighted by atomic mass is 16.2. The summed E-state index contributed by atoms with van der Waals surface area (Å²) in [6, 6.07) is 5.58. The summed E-state index contributed by atoms with van der Waals surface area (Å²) in [5, 5.41) is 10.5. The standard InChI is InChI=1S/C22H29N5O2/c1-14-18-8-16(22(18,2)3)9-19(14)26-17-10-21(29)27(25-12-17)13-20(28)24-11-15-4-6-23-7-5-15/h4-7,10,12,14,16,18-19,26H,8-9,11,13H2,1-3H3,(H,24,28)/t14-,16+,18-,19-/m1/s1. The van der Waals surface area contributed by atoms with Crippen LogP contribution < -0.4 is 16.2 Å². The van der Waals surface area contributed by atoms with Gasteiger partial charge in [0.05, 0.1) is 11.9 Å². The fourth-order valence-corrected chi connectivity index (χ4v) is 5.08. The molecule has 0 unspecified atom stereocenters. The van der Waals surface area contributed by atoms with E-state index in [9.17, 15) is 9.59 Å². The highest BCUT2D eigenvalue weighted by Crippen LogP contribution is 2.61. The van der Waals surface area contributed by atoms with E-state index >= 15 is 0 Å². The molecule has 0 spiro atoms. The van der Waals surface area contributed by atoms with Gasteiger partial charge in [-0.25, -0.2) is 4.68 Å². The van der Waals surface area contributed by atoms with Gasteiger partial charge in [-0.05, 0) is 53.7 Å². The first-order valence-corrected chi connectivity index (χ1v) is 10.3. The Bertz CT molecular complexity index is 940. The van der Waals surface area contributed by atoms with Crippen molar-refractivity contribution in [2.75, 3.05) is 5.32 Å². The number of amides is 1. The Hall–Kier alpha value is -2.70. The molecule has 3 aliphatic rings. The summed E-state index contributed by atoms with van der Waals surface area (Å²) < 4.78 is 1.19. The molecule has 2 aromatic heterocycles. The summed E-state index contributed by atoms with van der Waals surface area (Å²) in [5.74, 6) is 1.80. The second-order valence-corrected chi connectivity index (χ2v) is 9.08. The summed E-state index contributed by atoms with van der Waals surface area (Å²) in [4.78, 5) is 28.5. The van der Waals surface area contributed by atoms with Crippen LogP contribution in [-0.2, 0) is 17.9 Å². The van der Waals surface area contributed by atoms with E-state index in [1.807, 2.05) is 12.1 Å². The van der Waals surface area contributed by atoms with Crippen LogP contribution in [0.1, 0.15) is 39.2 Å². The number of rotatable bonds is 6. The number of nitrogens with zero attached hydrogens (tertiary/aromatic N) is 3. The lowest BCUT2D eigenvalue weighted by atomic mass is 9.45. The number of aromatic nitrogens is 3. The zero-order valence-electron chi connectivity index (χ0n) is 17.3. The van der Waals surface area contributed by atoms with Crippen LogP contribution in [0.2, 0.25) is 0 Å².